The molecule has 1 fully saturated rings. The first kappa shape index (κ1) is 26.1. The zero-order valence-electron chi connectivity index (χ0n) is 18.3. The van der Waals surface area contributed by atoms with Crippen LogP contribution in [0.25, 0.3) is 0 Å². The van der Waals surface area contributed by atoms with E-state index in [-0.39, 0.29) is 29.6 Å². The third kappa shape index (κ3) is 11.8. The molecule has 7 heteroatoms. The van der Waals surface area contributed by atoms with Crippen molar-refractivity contribution in [2.45, 2.75) is 52.4 Å². The Labute approximate surface area is 193 Å². The maximum atomic E-state index is 5.86. The fraction of sp³-hybridized carbons (Fsp3) is 0.682. The van der Waals surface area contributed by atoms with E-state index in [9.17, 15) is 0 Å². The third-order valence-electron chi connectivity index (χ3n) is 4.48. The summed E-state index contributed by atoms with van der Waals surface area (Å²) in [6.07, 6.45) is 2.08. The van der Waals surface area contributed by atoms with Gasteiger partial charge >= 0.3 is 0 Å². The number of benzene rings is 1. The normalized spacial score (nSPS) is 17.1. The third-order valence-corrected chi connectivity index (χ3v) is 4.48. The van der Waals surface area contributed by atoms with Crippen molar-refractivity contribution in [2.24, 2.45) is 10.9 Å². The number of nitrogens with one attached hydrogen (secondary N) is 2. The molecule has 1 unspecified atom stereocenters. The number of rotatable bonds is 10. The maximum absolute atomic E-state index is 5.86. The van der Waals surface area contributed by atoms with E-state index in [0.29, 0.717) is 12.5 Å². The number of hydrogen-bond acceptors (Lipinski definition) is 4. The summed E-state index contributed by atoms with van der Waals surface area (Å²) in [5.74, 6) is 1.38. The van der Waals surface area contributed by atoms with Crippen LogP contribution in [0.2, 0.25) is 0 Å². The van der Waals surface area contributed by atoms with Gasteiger partial charge in [0.15, 0.2) is 5.96 Å². The maximum Gasteiger partial charge on any atom is 0.191 e. The minimum atomic E-state index is -0.130. The molecule has 0 bridgehead atoms. The predicted octanol–water partition coefficient (Wildman–Crippen LogP) is 3.73. The summed E-state index contributed by atoms with van der Waals surface area (Å²) in [7, 11) is 1.79. The fourth-order valence-electron chi connectivity index (χ4n) is 2.88. The van der Waals surface area contributed by atoms with Crippen molar-refractivity contribution < 1.29 is 14.2 Å². The van der Waals surface area contributed by atoms with Crippen LogP contribution in [-0.4, -0.2) is 51.6 Å². The van der Waals surface area contributed by atoms with Crippen molar-refractivity contribution >= 4 is 29.9 Å². The number of nitrogens with zero attached hydrogens (tertiary/aromatic N) is 1. The van der Waals surface area contributed by atoms with Crippen LogP contribution in [0.4, 0.5) is 0 Å². The summed E-state index contributed by atoms with van der Waals surface area (Å²) in [5.41, 5.74) is 2.26. The summed E-state index contributed by atoms with van der Waals surface area (Å²) < 4.78 is 16.9. The SMILES string of the molecule is CN=C(NCCCOCC1CCOC1)NCc1cccc(COC(C)(C)C)c1.I. The Balaban J connectivity index is 0.00000420. The molecule has 0 saturated carbocycles. The van der Waals surface area contributed by atoms with E-state index in [4.69, 9.17) is 14.2 Å². The largest absolute Gasteiger partial charge is 0.381 e. The molecule has 166 valence electrons. The highest BCUT2D eigenvalue weighted by atomic mass is 127. The molecular formula is C22H38IN3O3. The topological polar surface area (TPSA) is 64.1 Å². The van der Waals surface area contributed by atoms with Crippen LogP contribution >= 0.6 is 24.0 Å². The number of hydrogen-bond donors (Lipinski definition) is 2. The smallest absolute Gasteiger partial charge is 0.191 e. The Bertz CT molecular complexity index is 599. The van der Waals surface area contributed by atoms with Gasteiger partial charge in [0.2, 0.25) is 0 Å². The van der Waals surface area contributed by atoms with Crippen LogP contribution in [0.5, 0.6) is 0 Å². The molecule has 1 aromatic carbocycles. The lowest BCUT2D eigenvalue weighted by molar-refractivity contribution is -0.0149. The predicted molar refractivity (Wildman–Crippen MR) is 129 cm³/mol. The molecule has 1 aliphatic heterocycles. The molecule has 1 atom stereocenters. The number of aliphatic imine (C=N–C) groups is 1. The zero-order valence-corrected chi connectivity index (χ0v) is 20.7. The van der Waals surface area contributed by atoms with Crippen LogP contribution < -0.4 is 10.6 Å². The summed E-state index contributed by atoms with van der Waals surface area (Å²) in [5, 5.41) is 6.70. The van der Waals surface area contributed by atoms with Gasteiger partial charge in [0.25, 0.3) is 0 Å². The molecule has 2 rings (SSSR count). The van der Waals surface area contributed by atoms with Crippen LogP contribution in [0, 0.1) is 5.92 Å². The van der Waals surface area contributed by atoms with Crippen molar-refractivity contribution in [3.63, 3.8) is 0 Å². The first-order chi connectivity index (χ1) is 13.5. The minimum Gasteiger partial charge on any atom is -0.381 e. The van der Waals surface area contributed by atoms with Gasteiger partial charge in [-0.2, -0.15) is 0 Å². The molecule has 0 spiro atoms. The molecule has 1 aliphatic rings. The standard InChI is InChI=1S/C22H37N3O3.HI/c1-22(2,3)28-17-19-8-5-7-18(13-19)14-25-21(23-4)24-10-6-11-26-15-20-9-12-27-16-20;/h5,7-8,13,20H,6,9-12,14-17H2,1-4H3,(H2,23,24,25);1H. The number of ether oxygens (including phenoxy) is 3. The molecule has 1 aromatic rings. The second-order valence-electron chi connectivity index (χ2n) is 8.23. The van der Waals surface area contributed by atoms with Gasteiger partial charge in [0, 0.05) is 39.3 Å². The monoisotopic (exact) mass is 519 g/mol. The highest BCUT2D eigenvalue weighted by molar-refractivity contribution is 14.0. The Hall–Kier alpha value is -0.900. The highest BCUT2D eigenvalue weighted by Gasteiger charge is 2.15. The second-order valence-corrected chi connectivity index (χ2v) is 8.23. The van der Waals surface area contributed by atoms with E-state index in [1.807, 2.05) is 0 Å². The minimum absolute atomic E-state index is 0. The molecule has 0 aromatic heterocycles. The van der Waals surface area contributed by atoms with Gasteiger partial charge < -0.3 is 24.8 Å². The van der Waals surface area contributed by atoms with Gasteiger partial charge in [-0.25, -0.2) is 0 Å². The number of halogens is 1. The van der Waals surface area contributed by atoms with Crippen LogP contribution in [0.15, 0.2) is 29.3 Å². The fourth-order valence-corrected chi connectivity index (χ4v) is 2.88. The lowest BCUT2D eigenvalue weighted by Crippen LogP contribution is -2.37. The van der Waals surface area contributed by atoms with Crippen molar-refractivity contribution in [1.29, 1.82) is 0 Å². The zero-order chi connectivity index (χ0) is 20.2. The summed E-state index contributed by atoms with van der Waals surface area (Å²) in [4.78, 5) is 4.29. The van der Waals surface area contributed by atoms with Crippen molar-refractivity contribution in [2.75, 3.05) is 40.0 Å². The van der Waals surface area contributed by atoms with Gasteiger partial charge in [0.1, 0.15) is 0 Å². The number of guanidine groups is 1. The molecule has 1 saturated heterocycles. The molecule has 0 radical (unpaired) electrons. The first-order valence-corrected chi connectivity index (χ1v) is 10.3. The van der Waals surface area contributed by atoms with Gasteiger partial charge in [0.05, 0.1) is 25.4 Å². The summed E-state index contributed by atoms with van der Waals surface area (Å²) in [6, 6.07) is 8.45. The lowest BCUT2D eigenvalue weighted by atomic mass is 10.1. The van der Waals surface area contributed by atoms with Gasteiger partial charge in [-0.3, -0.25) is 4.99 Å². The average Bonchev–Trinajstić information content (AvgIpc) is 3.18. The van der Waals surface area contributed by atoms with Gasteiger partial charge in [-0.05, 0) is 44.7 Å². The van der Waals surface area contributed by atoms with Crippen molar-refractivity contribution in [1.82, 2.24) is 10.6 Å². The molecule has 2 N–H and O–H groups in total. The first-order valence-electron chi connectivity index (χ1n) is 10.3. The van der Waals surface area contributed by atoms with E-state index in [2.05, 4.69) is 60.7 Å². The van der Waals surface area contributed by atoms with E-state index in [0.717, 1.165) is 58.3 Å². The molecule has 1 heterocycles. The van der Waals surface area contributed by atoms with Crippen LogP contribution in [-0.2, 0) is 27.4 Å². The molecule has 0 aliphatic carbocycles. The van der Waals surface area contributed by atoms with E-state index >= 15 is 0 Å². The van der Waals surface area contributed by atoms with E-state index in [1.54, 1.807) is 7.05 Å². The van der Waals surface area contributed by atoms with Gasteiger partial charge in [-0.15, -0.1) is 24.0 Å². The second kappa shape index (κ2) is 14.2. The van der Waals surface area contributed by atoms with E-state index < -0.39 is 0 Å². The molecule has 6 nitrogen and oxygen atoms in total. The Morgan fingerprint density at radius 3 is 2.72 bits per heavy atom. The van der Waals surface area contributed by atoms with Crippen molar-refractivity contribution in [3.05, 3.63) is 35.4 Å². The Morgan fingerprint density at radius 1 is 1.24 bits per heavy atom. The Kier molecular flexibility index (Phi) is 12.8. The highest BCUT2D eigenvalue weighted by Crippen LogP contribution is 2.13. The Morgan fingerprint density at radius 2 is 2.03 bits per heavy atom. The molecule has 0 amide bonds. The summed E-state index contributed by atoms with van der Waals surface area (Å²) in [6.45, 7) is 11.7. The summed E-state index contributed by atoms with van der Waals surface area (Å²) >= 11 is 0. The van der Waals surface area contributed by atoms with Gasteiger partial charge in [-0.1, -0.05) is 24.3 Å². The van der Waals surface area contributed by atoms with Crippen molar-refractivity contribution in [3.8, 4) is 0 Å². The van der Waals surface area contributed by atoms with E-state index in [1.165, 1.54) is 11.1 Å². The van der Waals surface area contributed by atoms with Crippen LogP contribution in [0.3, 0.4) is 0 Å². The lowest BCUT2D eigenvalue weighted by Gasteiger charge is -2.19. The molecule has 29 heavy (non-hydrogen) atoms. The van der Waals surface area contributed by atoms with Crippen LogP contribution in [0.1, 0.15) is 44.7 Å². The average molecular weight is 519 g/mol. The molecular weight excluding hydrogens is 481 g/mol. The quantitative estimate of drug-likeness (QED) is 0.214.